The average Bonchev–Trinajstić information content (AvgIpc) is 3.43. The number of alkyl halides is 3. The van der Waals surface area contributed by atoms with Crippen LogP contribution >= 0.6 is 0 Å². The molecule has 0 aliphatic rings. The van der Waals surface area contributed by atoms with Crippen molar-refractivity contribution in [2.24, 2.45) is 0 Å². The zero-order valence-corrected chi connectivity index (χ0v) is 16.0. The van der Waals surface area contributed by atoms with Gasteiger partial charge in [0.15, 0.2) is 5.76 Å². The molecule has 0 unspecified atom stereocenters. The number of carbonyl (C=O) groups excluding carboxylic acids is 1. The zero-order valence-electron chi connectivity index (χ0n) is 16.0. The molecule has 156 valence electrons. The third-order valence-electron chi connectivity index (χ3n) is 4.41. The van der Waals surface area contributed by atoms with E-state index in [1.165, 1.54) is 24.5 Å². The maximum Gasteiger partial charge on any atom is 0.449 e. The van der Waals surface area contributed by atoms with Gasteiger partial charge in [0.1, 0.15) is 5.82 Å². The summed E-state index contributed by atoms with van der Waals surface area (Å²) in [4.78, 5) is 20.4. The number of nitrogens with one attached hydrogen (secondary N) is 2. The van der Waals surface area contributed by atoms with Gasteiger partial charge in [-0.15, -0.1) is 5.10 Å². The van der Waals surface area contributed by atoms with E-state index in [0.29, 0.717) is 22.9 Å². The van der Waals surface area contributed by atoms with Crippen LogP contribution in [0.15, 0.2) is 41.0 Å². The van der Waals surface area contributed by atoms with Crippen LogP contribution in [0.3, 0.4) is 0 Å². The van der Waals surface area contributed by atoms with Gasteiger partial charge in [-0.2, -0.15) is 13.2 Å². The summed E-state index contributed by atoms with van der Waals surface area (Å²) in [6.45, 7) is 3.34. The number of hydrogen-bond acceptors (Lipinski definition) is 5. The van der Waals surface area contributed by atoms with Crippen molar-refractivity contribution in [1.82, 2.24) is 30.0 Å². The third kappa shape index (κ3) is 3.65. The van der Waals surface area contributed by atoms with Crippen molar-refractivity contribution in [3.63, 3.8) is 0 Å². The molecule has 0 saturated carbocycles. The molecule has 8 nitrogen and oxygen atoms in total. The molecule has 0 aliphatic carbocycles. The lowest BCUT2D eigenvalue weighted by atomic mass is 10.2. The van der Waals surface area contributed by atoms with Crippen LogP contribution in [0.1, 0.15) is 41.9 Å². The predicted octanol–water partition coefficient (Wildman–Crippen LogP) is 3.94. The first kappa shape index (κ1) is 19.7. The number of halogens is 3. The highest BCUT2D eigenvalue weighted by atomic mass is 19.4. The molecule has 2 N–H and O–H groups in total. The Morgan fingerprint density at radius 2 is 2.07 bits per heavy atom. The van der Waals surface area contributed by atoms with Gasteiger partial charge in [0.25, 0.3) is 5.91 Å². The summed E-state index contributed by atoms with van der Waals surface area (Å²) in [7, 11) is 0. The van der Waals surface area contributed by atoms with Crippen molar-refractivity contribution in [2.45, 2.75) is 32.6 Å². The Balaban J connectivity index is 1.54. The Morgan fingerprint density at radius 1 is 1.27 bits per heavy atom. The van der Waals surface area contributed by atoms with E-state index in [-0.39, 0.29) is 17.6 Å². The van der Waals surface area contributed by atoms with Crippen molar-refractivity contribution in [1.29, 1.82) is 0 Å². The van der Waals surface area contributed by atoms with E-state index in [2.05, 4.69) is 25.5 Å². The first-order chi connectivity index (χ1) is 14.2. The SMILES string of the molecule is CC(C)n1c(C(F)(F)F)nc2cc(C(=O)NCc3nc(-c4ccco4)n[nH]3)ccc21. The number of imidazole rings is 1. The van der Waals surface area contributed by atoms with Gasteiger partial charge >= 0.3 is 6.18 Å². The summed E-state index contributed by atoms with van der Waals surface area (Å²) in [5, 5.41) is 9.35. The molecule has 0 saturated heterocycles. The molecule has 0 bridgehead atoms. The summed E-state index contributed by atoms with van der Waals surface area (Å²) in [5.41, 5.74) is 0.603. The number of furan rings is 1. The van der Waals surface area contributed by atoms with Crippen LogP contribution in [0.2, 0.25) is 0 Å². The van der Waals surface area contributed by atoms with Crippen LogP contribution in [0.4, 0.5) is 13.2 Å². The predicted molar refractivity (Wildman–Crippen MR) is 100 cm³/mol. The monoisotopic (exact) mass is 418 g/mol. The maximum atomic E-state index is 13.3. The number of fused-ring (bicyclic) bond motifs is 1. The number of nitrogens with zero attached hydrogens (tertiary/aromatic N) is 4. The first-order valence-corrected chi connectivity index (χ1v) is 9.06. The number of aromatic amines is 1. The summed E-state index contributed by atoms with van der Waals surface area (Å²) in [6.07, 6.45) is -3.10. The maximum absolute atomic E-state index is 13.3. The lowest BCUT2D eigenvalue weighted by molar-refractivity contribution is -0.147. The quantitative estimate of drug-likeness (QED) is 0.511. The van der Waals surface area contributed by atoms with Gasteiger partial charge in [0.05, 0.1) is 23.8 Å². The van der Waals surface area contributed by atoms with E-state index in [0.717, 1.165) is 4.57 Å². The standard InChI is InChI=1S/C19H17F3N6O2/c1-10(2)28-13-6-5-11(8-12(13)24-18(28)19(20,21)22)17(29)23-9-15-25-16(27-26-15)14-4-3-7-30-14/h3-8,10H,9H2,1-2H3,(H,23,29)(H,25,26,27). The highest BCUT2D eigenvalue weighted by Gasteiger charge is 2.38. The molecule has 3 aromatic heterocycles. The molecular weight excluding hydrogens is 401 g/mol. The number of aromatic nitrogens is 5. The second kappa shape index (κ2) is 7.32. The van der Waals surface area contributed by atoms with E-state index in [4.69, 9.17) is 4.42 Å². The number of carbonyl (C=O) groups is 1. The first-order valence-electron chi connectivity index (χ1n) is 9.06. The number of benzene rings is 1. The minimum atomic E-state index is -4.59. The molecule has 1 amide bonds. The van der Waals surface area contributed by atoms with E-state index in [9.17, 15) is 18.0 Å². The second-order valence-corrected chi connectivity index (χ2v) is 6.87. The van der Waals surface area contributed by atoms with Gasteiger partial charge in [-0.05, 0) is 44.2 Å². The lowest BCUT2D eigenvalue weighted by Gasteiger charge is -2.14. The summed E-state index contributed by atoms with van der Waals surface area (Å²) < 4.78 is 46.3. The van der Waals surface area contributed by atoms with E-state index in [1.807, 2.05) is 0 Å². The zero-order chi connectivity index (χ0) is 21.5. The minimum Gasteiger partial charge on any atom is -0.461 e. The smallest absolute Gasteiger partial charge is 0.449 e. The van der Waals surface area contributed by atoms with E-state index < -0.39 is 23.9 Å². The molecule has 30 heavy (non-hydrogen) atoms. The van der Waals surface area contributed by atoms with Crippen molar-refractivity contribution >= 4 is 16.9 Å². The van der Waals surface area contributed by atoms with E-state index in [1.54, 1.807) is 26.0 Å². The number of H-pyrrole nitrogens is 1. The Labute approximate surface area is 168 Å². The Kier molecular flexibility index (Phi) is 4.80. The van der Waals surface area contributed by atoms with Gasteiger partial charge in [0.2, 0.25) is 11.6 Å². The van der Waals surface area contributed by atoms with Crippen LogP contribution in [0.5, 0.6) is 0 Å². The van der Waals surface area contributed by atoms with E-state index >= 15 is 0 Å². The molecule has 1 aromatic carbocycles. The highest BCUT2D eigenvalue weighted by Crippen LogP contribution is 2.33. The fourth-order valence-electron chi connectivity index (χ4n) is 3.12. The fraction of sp³-hybridized carbons (Fsp3) is 0.263. The van der Waals surface area contributed by atoms with Crippen molar-refractivity contribution in [2.75, 3.05) is 0 Å². The molecule has 0 aliphatic heterocycles. The molecule has 11 heteroatoms. The molecule has 4 aromatic rings. The topological polar surface area (TPSA) is 102 Å². The van der Waals surface area contributed by atoms with Gasteiger partial charge in [-0.25, -0.2) is 9.97 Å². The summed E-state index contributed by atoms with van der Waals surface area (Å²) >= 11 is 0. The molecule has 0 radical (unpaired) electrons. The van der Waals surface area contributed by atoms with Crippen LogP contribution in [-0.4, -0.2) is 30.6 Å². The molecular formula is C19H17F3N6O2. The van der Waals surface area contributed by atoms with Crippen molar-refractivity contribution in [3.05, 3.63) is 53.8 Å². The summed E-state index contributed by atoms with van der Waals surface area (Å²) in [5.74, 6) is -0.225. The highest BCUT2D eigenvalue weighted by molar-refractivity contribution is 5.97. The molecule has 4 rings (SSSR count). The van der Waals surface area contributed by atoms with Gasteiger partial charge < -0.3 is 14.3 Å². The molecule has 0 atom stereocenters. The van der Waals surface area contributed by atoms with Crippen molar-refractivity contribution < 1.29 is 22.4 Å². The molecule has 3 heterocycles. The average molecular weight is 418 g/mol. The largest absolute Gasteiger partial charge is 0.461 e. The Morgan fingerprint density at radius 3 is 2.73 bits per heavy atom. The normalized spacial score (nSPS) is 12.1. The summed E-state index contributed by atoms with van der Waals surface area (Å²) in [6, 6.07) is 7.23. The minimum absolute atomic E-state index is 0.0544. The number of amides is 1. The van der Waals surface area contributed by atoms with Crippen LogP contribution in [0.25, 0.3) is 22.6 Å². The second-order valence-electron chi connectivity index (χ2n) is 6.87. The number of rotatable bonds is 5. The van der Waals surface area contributed by atoms with Gasteiger partial charge in [-0.3, -0.25) is 9.89 Å². The van der Waals surface area contributed by atoms with Crippen LogP contribution in [0, 0.1) is 0 Å². The van der Waals surface area contributed by atoms with Crippen molar-refractivity contribution in [3.8, 4) is 11.6 Å². The fourth-order valence-corrected chi connectivity index (χ4v) is 3.12. The Bertz CT molecular complexity index is 1190. The molecule has 0 fully saturated rings. The lowest BCUT2D eigenvalue weighted by Crippen LogP contribution is -2.23. The van der Waals surface area contributed by atoms with Gasteiger partial charge in [-0.1, -0.05) is 0 Å². The number of hydrogen-bond donors (Lipinski definition) is 2. The van der Waals surface area contributed by atoms with Crippen LogP contribution in [-0.2, 0) is 12.7 Å². The Hall–Kier alpha value is -3.63. The molecule has 0 spiro atoms. The third-order valence-corrected chi connectivity index (χ3v) is 4.41. The van der Waals surface area contributed by atoms with Gasteiger partial charge in [0, 0.05) is 11.6 Å². The van der Waals surface area contributed by atoms with Crippen LogP contribution < -0.4 is 5.32 Å².